The molecule has 0 aliphatic rings. The SMILES string of the molecule is CCOC(=O)C=C(C)C=CC[C@H](C)CCCC(C)C. The maximum atomic E-state index is 11.2. The largest absolute Gasteiger partial charge is 0.463 e. The number of hydrogen-bond donors (Lipinski definition) is 0. The van der Waals surface area contributed by atoms with Gasteiger partial charge in [-0.1, -0.05) is 52.2 Å². The minimum absolute atomic E-state index is 0.255. The standard InChI is InChI=1S/C17H30O2/c1-6-19-17(18)13-16(5)12-8-11-15(4)10-7-9-14(2)3/h8,12-15H,6-7,9-11H2,1-5H3/t15-/m1/s1. The topological polar surface area (TPSA) is 26.3 Å². The minimum atomic E-state index is -0.255. The van der Waals surface area contributed by atoms with Crippen molar-refractivity contribution >= 4 is 5.97 Å². The molecule has 2 nitrogen and oxygen atoms in total. The van der Waals surface area contributed by atoms with Crippen molar-refractivity contribution in [3.63, 3.8) is 0 Å². The van der Waals surface area contributed by atoms with Crippen LogP contribution < -0.4 is 0 Å². The third-order valence-corrected chi connectivity index (χ3v) is 3.03. The number of ether oxygens (including phenoxy) is 1. The van der Waals surface area contributed by atoms with E-state index in [9.17, 15) is 4.79 Å². The molecule has 2 heteroatoms. The summed E-state index contributed by atoms with van der Waals surface area (Å²) in [5, 5.41) is 0. The first-order valence-corrected chi connectivity index (χ1v) is 7.47. The Morgan fingerprint density at radius 2 is 1.89 bits per heavy atom. The van der Waals surface area contributed by atoms with Gasteiger partial charge in [-0.25, -0.2) is 4.79 Å². The fourth-order valence-electron chi connectivity index (χ4n) is 1.90. The highest BCUT2D eigenvalue weighted by Crippen LogP contribution is 2.15. The summed E-state index contributed by atoms with van der Waals surface area (Å²) in [5.41, 5.74) is 0.952. The van der Waals surface area contributed by atoms with Crippen molar-refractivity contribution in [2.24, 2.45) is 11.8 Å². The fourth-order valence-corrected chi connectivity index (χ4v) is 1.90. The monoisotopic (exact) mass is 266 g/mol. The molecule has 0 saturated heterocycles. The van der Waals surface area contributed by atoms with Gasteiger partial charge < -0.3 is 4.74 Å². The summed E-state index contributed by atoms with van der Waals surface area (Å²) in [4.78, 5) is 11.2. The number of esters is 1. The van der Waals surface area contributed by atoms with Gasteiger partial charge in [-0.15, -0.1) is 0 Å². The predicted octanol–water partition coefficient (Wildman–Crippen LogP) is 4.90. The third kappa shape index (κ3) is 11.8. The third-order valence-electron chi connectivity index (χ3n) is 3.03. The van der Waals surface area contributed by atoms with E-state index in [-0.39, 0.29) is 5.97 Å². The second kappa shape index (κ2) is 10.8. The number of carbonyl (C=O) groups excluding carboxylic acids is 1. The van der Waals surface area contributed by atoms with E-state index in [1.165, 1.54) is 19.3 Å². The van der Waals surface area contributed by atoms with Crippen LogP contribution in [0, 0.1) is 11.8 Å². The highest BCUT2D eigenvalue weighted by atomic mass is 16.5. The van der Waals surface area contributed by atoms with E-state index in [1.807, 2.05) is 19.9 Å². The molecule has 0 heterocycles. The predicted molar refractivity (Wildman–Crippen MR) is 82.0 cm³/mol. The smallest absolute Gasteiger partial charge is 0.330 e. The molecular formula is C17H30O2. The molecule has 0 unspecified atom stereocenters. The van der Waals surface area contributed by atoms with Gasteiger partial charge in [-0.2, -0.15) is 0 Å². The van der Waals surface area contributed by atoms with E-state index in [0.717, 1.165) is 17.9 Å². The zero-order valence-electron chi connectivity index (χ0n) is 13.2. The molecule has 0 radical (unpaired) electrons. The molecule has 19 heavy (non-hydrogen) atoms. The van der Waals surface area contributed by atoms with E-state index >= 15 is 0 Å². The zero-order valence-corrected chi connectivity index (χ0v) is 13.2. The summed E-state index contributed by atoms with van der Waals surface area (Å²) in [6.45, 7) is 11.0. The summed E-state index contributed by atoms with van der Waals surface area (Å²) in [6, 6.07) is 0. The lowest BCUT2D eigenvalue weighted by molar-refractivity contribution is -0.137. The van der Waals surface area contributed by atoms with Crippen LogP contribution in [0.15, 0.2) is 23.8 Å². The Kier molecular flexibility index (Phi) is 10.2. The molecule has 0 aliphatic heterocycles. The van der Waals surface area contributed by atoms with E-state index in [0.29, 0.717) is 12.5 Å². The van der Waals surface area contributed by atoms with Crippen molar-refractivity contribution in [3.8, 4) is 0 Å². The molecule has 0 fully saturated rings. The first kappa shape index (κ1) is 17.9. The van der Waals surface area contributed by atoms with E-state index in [4.69, 9.17) is 4.74 Å². The lowest BCUT2D eigenvalue weighted by Crippen LogP contribution is -1.99. The Labute approximate surface area is 118 Å². The van der Waals surface area contributed by atoms with Gasteiger partial charge in [0, 0.05) is 6.08 Å². The summed E-state index contributed by atoms with van der Waals surface area (Å²) < 4.78 is 4.87. The zero-order chi connectivity index (χ0) is 14.7. The van der Waals surface area contributed by atoms with Crippen LogP contribution in [-0.4, -0.2) is 12.6 Å². The van der Waals surface area contributed by atoms with Crippen LogP contribution in [0.2, 0.25) is 0 Å². The normalized spacial score (nSPS) is 14.1. The van der Waals surface area contributed by atoms with Crippen LogP contribution in [0.25, 0.3) is 0 Å². The Morgan fingerprint density at radius 1 is 1.21 bits per heavy atom. The highest BCUT2D eigenvalue weighted by molar-refractivity contribution is 5.83. The summed E-state index contributed by atoms with van der Waals surface area (Å²) in [7, 11) is 0. The van der Waals surface area contributed by atoms with Crippen molar-refractivity contribution in [1.82, 2.24) is 0 Å². The molecule has 0 aromatic rings. The maximum Gasteiger partial charge on any atom is 0.330 e. The van der Waals surface area contributed by atoms with Crippen molar-refractivity contribution in [2.75, 3.05) is 6.61 Å². The number of hydrogen-bond acceptors (Lipinski definition) is 2. The summed E-state index contributed by atoms with van der Waals surface area (Å²) >= 11 is 0. The molecule has 0 bridgehead atoms. The van der Waals surface area contributed by atoms with Crippen molar-refractivity contribution in [3.05, 3.63) is 23.8 Å². The van der Waals surface area contributed by atoms with Gasteiger partial charge in [-0.3, -0.25) is 0 Å². The fraction of sp³-hybridized carbons (Fsp3) is 0.706. The van der Waals surface area contributed by atoms with E-state index in [1.54, 1.807) is 6.08 Å². The molecule has 1 atom stereocenters. The van der Waals surface area contributed by atoms with Gasteiger partial charge in [0.25, 0.3) is 0 Å². The molecule has 0 aromatic heterocycles. The van der Waals surface area contributed by atoms with Crippen LogP contribution in [0.5, 0.6) is 0 Å². The molecule has 110 valence electrons. The van der Waals surface area contributed by atoms with Gasteiger partial charge in [0.2, 0.25) is 0 Å². The Balaban J connectivity index is 3.90. The van der Waals surface area contributed by atoms with Crippen LogP contribution >= 0.6 is 0 Å². The molecule has 0 aromatic carbocycles. The molecule has 0 N–H and O–H groups in total. The van der Waals surface area contributed by atoms with Gasteiger partial charge in [0.15, 0.2) is 0 Å². The van der Waals surface area contributed by atoms with Crippen LogP contribution in [0.1, 0.15) is 60.3 Å². The average molecular weight is 266 g/mol. The number of carbonyl (C=O) groups is 1. The van der Waals surface area contributed by atoms with Crippen LogP contribution in [0.4, 0.5) is 0 Å². The Bertz CT molecular complexity index is 300. The molecular weight excluding hydrogens is 236 g/mol. The minimum Gasteiger partial charge on any atom is -0.463 e. The van der Waals surface area contributed by atoms with Crippen LogP contribution in [-0.2, 0) is 9.53 Å². The summed E-state index contributed by atoms with van der Waals surface area (Å²) in [6.07, 6.45) is 10.7. The molecule has 0 spiro atoms. The molecule has 0 saturated carbocycles. The van der Waals surface area contributed by atoms with Crippen molar-refractivity contribution in [2.45, 2.75) is 60.3 Å². The van der Waals surface area contributed by atoms with E-state index < -0.39 is 0 Å². The quantitative estimate of drug-likeness (QED) is 0.337. The molecule has 0 amide bonds. The Hall–Kier alpha value is -1.05. The molecule has 0 rings (SSSR count). The summed E-state index contributed by atoms with van der Waals surface area (Å²) in [5.74, 6) is 1.26. The second-order valence-corrected chi connectivity index (χ2v) is 5.71. The van der Waals surface area contributed by atoms with Gasteiger partial charge in [-0.05, 0) is 37.7 Å². The lowest BCUT2D eigenvalue weighted by Gasteiger charge is -2.09. The average Bonchev–Trinajstić information content (AvgIpc) is 2.28. The first-order chi connectivity index (χ1) is 8.95. The van der Waals surface area contributed by atoms with Crippen LogP contribution in [0.3, 0.4) is 0 Å². The molecule has 0 aliphatic carbocycles. The number of allylic oxidation sites excluding steroid dienone is 3. The van der Waals surface area contributed by atoms with Crippen molar-refractivity contribution < 1.29 is 9.53 Å². The van der Waals surface area contributed by atoms with Gasteiger partial charge in [0.05, 0.1) is 6.61 Å². The highest BCUT2D eigenvalue weighted by Gasteiger charge is 2.01. The second-order valence-electron chi connectivity index (χ2n) is 5.71. The van der Waals surface area contributed by atoms with Gasteiger partial charge >= 0.3 is 5.97 Å². The van der Waals surface area contributed by atoms with E-state index in [2.05, 4.69) is 26.8 Å². The first-order valence-electron chi connectivity index (χ1n) is 7.47. The van der Waals surface area contributed by atoms with Crippen molar-refractivity contribution in [1.29, 1.82) is 0 Å². The maximum absolute atomic E-state index is 11.2. The van der Waals surface area contributed by atoms with Gasteiger partial charge in [0.1, 0.15) is 0 Å². The lowest BCUT2D eigenvalue weighted by atomic mass is 9.97. The Morgan fingerprint density at radius 3 is 2.47 bits per heavy atom. The number of rotatable bonds is 9.